The first-order valence-electron chi connectivity index (χ1n) is 7.02. The van der Waals surface area contributed by atoms with E-state index in [1.54, 1.807) is 23.9 Å². The molecule has 0 bridgehead atoms. The molecule has 2 aromatic carbocycles. The summed E-state index contributed by atoms with van der Waals surface area (Å²) in [6.07, 6.45) is 1.02. The van der Waals surface area contributed by atoms with E-state index in [-0.39, 0.29) is 16.5 Å². The Bertz CT molecular complexity index is 794. The molecule has 24 heavy (non-hydrogen) atoms. The SMILES string of the molecule is COc1ccc(S(=O)(=O)NCC(O)c2ccc(SC)cc2)cc1Cl. The molecule has 1 unspecified atom stereocenters. The minimum atomic E-state index is -3.78. The number of rotatable bonds is 7. The molecule has 0 saturated carbocycles. The van der Waals surface area contributed by atoms with Gasteiger partial charge in [0.05, 0.1) is 23.1 Å². The standard InChI is InChI=1S/C16H18ClNO4S2/c1-22-16-8-7-13(9-14(16)17)24(20,21)18-10-15(19)11-3-5-12(23-2)6-4-11/h3-9,15,18-19H,10H2,1-2H3. The van der Waals surface area contributed by atoms with Crippen LogP contribution in [-0.2, 0) is 10.0 Å². The highest BCUT2D eigenvalue weighted by molar-refractivity contribution is 7.98. The van der Waals surface area contributed by atoms with Crippen LogP contribution in [0.1, 0.15) is 11.7 Å². The number of aliphatic hydroxyl groups is 1. The van der Waals surface area contributed by atoms with Gasteiger partial charge in [-0.15, -0.1) is 11.8 Å². The number of halogens is 1. The lowest BCUT2D eigenvalue weighted by atomic mass is 10.1. The average molecular weight is 388 g/mol. The number of aliphatic hydroxyl groups excluding tert-OH is 1. The van der Waals surface area contributed by atoms with Crippen molar-refractivity contribution in [2.24, 2.45) is 0 Å². The molecule has 0 aliphatic heterocycles. The Labute approximate surface area is 151 Å². The predicted octanol–water partition coefficient (Wildman–Crippen LogP) is 3.08. The maximum atomic E-state index is 12.3. The zero-order chi connectivity index (χ0) is 17.7. The third-order valence-corrected chi connectivity index (χ3v) is 5.86. The summed E-state index contributed by atoms with van der Waals surface area (Å²) >= 11 is 7.55. The van der Waals surface area contributed by atoms with Crippen molar-refractivity contribution in [3.05, 3.63) is 53.1 Å². The smallest absolute Gasteiger partial charge is 0.240 e. The third-order valence-electron chi connectivity index (χ3n) is 3.40. The van der Waals surface area contributed by atoms with E-state index in [4.69, 9.17) is 16.3 Å². The van der Waals surface area contributed by atoms with Gasteiger partial charge in [-0.05, 0) is 42.2 Å². The van der Waals surface area contributed by atoms with Gasteiger partial charge in [-0.2, -0.15) is 0 Å². The van der Waals surface area contributed by atoms with E-state index in [2.05, 4.69) is 4.72 Å². The Balaban J connectivity index is 2.07. The molecule has 2 aromatic rings. The third kappa shape index (κ3) is 4.64. The Kier molecular flexibility index (Phi) is 6.54. The molecule has 2 rings (SSSR count). The van der Waals surface area contributed by atoms with Crippen molar-refractivity contribution < 1.29 is 18.3 Å². The predicted molar refractivity (Wildman–Crippen MR) is 96.4 cm³/mol. The fourth-order valence-corrected chi connectivity index (χ4v) is 3.82. The van der Waals surface area contributed by atoms with Gasteiger partial charge < -0.3 is 9.84 Å². The van der Waals surface area contributed by atoms with Crippen LogP contribution in [0.2, 0.25) is 5.02 Å². The summed E-state index contributed by atoms with van der Waals surface area (Å²) in [6.45, 7) is -0.134. The number of benzene rings is 2. The highest BCUT2D eigenvalue weighted by Gasteiger charge is 2.18. The van der Waals surface area contributed by atoms with E-state index in [9.17, 15) is 13.5 Å². The van der Waals surface area contributed by atoms with Crippen LogP contribution in [0.15, 0.2) is 52.3 Å². The first kappa shape index (κ1) is 19.1. The van der Waals surface area contributed by atoms with Gasteiger partial charge in [0.2, 0.25) is 10.0 Å². The number of nitrogens with one attached hydrogen (secondary N) is 1. The van der Waals surface area contributed by atoms with Crippen molar-refractivity contribution >= 4 is 33.4 Å². The summed E-state index contributed by atoms with van der Waals surface area (Å²) in [5.74, 6) is 0.393. The quantitative estimate of drug-likeness (QED) is 0.714. The zero-order valence-corrected chi connectivity index (χ0v) is 15.6. The number of ether oxygens (including phenoxy) is 1. The lowest BCUT2D eigenvalue weighted by molar-refractivity contribution is 0.182. The molecule has 2 N–H and O–H groups in total. The number of hydrogen-bond donors (Lipinski definition) is 2. The Morgan fingerprint density at radius 3 is 2.46 bits per heavy atom. The van der Waals surface area contributed by atoms with Gasteiger partial charge in [0.15, 0.2) is 0 Å². The molecule has 0 aromatic heterocycles. The van der Waals surface area contributed by atoms with Gasteiger partial charge in [-0.1, -0.05) is 23.7 Å². The van der Waals surface area contributed by atoms with Gasteiger partial charge in [0, 0.05) is 11.4 Å². The second kappa shape index (κ2) is 8.22. The van der Waals surface area contributed by atoms with Gasteiger partial charge in [-0.3, -0.25) is 0 Å². The molecule has 0 saturated heterocycles. The van der Waals surface area contributed by atoms with Crippen LogP contribution in [0.5, 0.6) is 5.75 Å². The summed E-state index contributed by atoms with van der Waals surface area (Å²) in [5.41, 5.74) is 0.642. The lowest BCUT2D eigenvalue weighted by Crippen LogP contribution is -2.28. The largest absolute Gasteiger partial charge is 0.495 e. The van der Waals surface area contributed by atoms with Crippen LogP contribution in [0.25, 0.3) is 0 Å². The van der Waals surface area contributed by atoms with Gasteiger partial charge in [0.25, 0.3) is 0 Å². The Morgan fingerprint density at radius 2 is 1.92 bits per heavy atom. The van der Waals surface area contributed by atoms with Crippen LogP contribution in [0, 0.1) is 0 Å². The topological polar surface area (TPSA) is 75.6 Å². The molecular formula is C16H18ClNO4S2. The highest BCUT2D eigenvalue weighted by atomic mass is 35.5. The van der Waals surface area contributed by atoms with Crippen LogP contribution in [-0.4, -0.2) is 33.4 Å². The maximum absolute atomic E-state index is 12.3. The summed E-state index contributed by atoms with van der Waals surface area (Å²) in [5, 5.41) is 10.4. The fraction of sp³-hybridized carbons (Fsp3) is 0.250. The molecule has 130 valence electrons. The second-order valence-electron chi connectivity index (χ2n) is 4.94. The summed E-state index contributed by atoms with van der Waals surface area (Å²) < 4.78 is 32.0. The molecule has 1 atom stereocenters. The second-order valence-corrected chi connectivity index (χ2v) is 7.99. The lowest BCUT2D eigenvalue weighted by Gasteiger charge is -2.13. The summed E-state index contributed by atoms with van der Waals surface area (Å²) in [7, 11) is -2.33. The summed E-state index contributed by atoms with van der Waals surface area (Å²) in [6, 6.07) is 11.5. The van der Waals surface area contributed by atoms with E-state index in [1.807, 2.05) is 18.4 Å². The van der Waals surface area contributed by atoms with Gasteiger partial charge in [-0.25, -0.2) is 13.1 Å². The minimum Gasteiger partial charge on any atom is -0.495 e. The molecule has 0 amide bonds. The monoisotopic (exact) mass is 387 g/mol. The van der Waals surface area contributed by atoms with E-state index in [0.717, 1.165) is 4.90 Å². The molecule has 0 heterocycles. The molecular weight excluding hydrogens is 370 g/mol. The molecule has 0 spiro atoms. The number of sulfonamides is 1. The van der Waals surface area contributed by atoms with Crippen LogP contribution in [0.4, 0.5) is 0 Å². The Morgan fingerprint density at radius 1 is 1.25 bits per heavy atom. The Hall–Kier alpha value is -1.25. The van der Waals surface area contributed by atoms with Gasteiger partial charge >= 0.3 is 0 Å². The first-order valence-corrected chi connectivity index (χ1v) is 10.1. The number of hydrogen-bond acceptors (Lipinski definition) is 5. The number of methoxy groups -OCH3 is 1. The van der Waals surface area contributed by atoms with E-state index in [0.29, 0.717) is 11.3 Å². The highest BCUT2D eigenvalue weighted by Crippen LogP contribution is 2.27. The first-order chi connectivity index (χ1) is 11.4. The van der Waals surface area contributed by atoms with Crippen LogP contribution >= 0.6 is 23.4 Å². The van der Waals surface area contributed by atoms with Crippen molar-refractivity contribution in [3.63, 3.8) is 0 Å². The minimum absolute atomic E-state index is 0.0123. The van der Waals surface area contributed by atoms with Crippen molar-refractivity contribution in [2.45, 2.75) is 15.9 Å². The van der Waals surface area contributed by atoms with Crippen LogP contribution < -0.4 is 9.46 Å². The number of thioether (sulfide) groups is 1. The summed E-state index contributed by atoms with van der Waals surface area (Å²) in [4.78, 5) is 1.08. The molecule has 5 nitrogen and oxygen atoms in total. The van der Waals surface area contributed by atoms with Crippen molar-refractivity contribution in [1.29, 1.82) is 0 Å². The van der Waals surface area contributed by atoms with Crippen LogP contribution in [0.3, 0.4) is 0 Å². The van der Waals surface area contributed by atoms with Gasteiger partial charge in [0.1, 0.15) is 5.75 Å². The normalized spacial score (nSPS) is 12.8. The maximum Gasteiger partial charge on any atom is 0.240 e. The molecule has 0 radical (unpaired) electrons. The fourth-order valence-electron chi connectivity index (χ4n) is 2.03. The van der Waals surface area contributed by atoms with Crippen molar-refractivity contribution in [2.75, 3.05) is 19.9 Å². The molecule has 8 heteroatoms. The van der Waals surface area contributed by atoms with E-state index in [1.165, 1.54) is 25.3 Å². The van der Waals surface area contributed by atoms with E-state index < -0.39 is 16.1 Å². The van der Waals surface area contributed by atoms with Crippen molar-refractivity contribution in [3.8, 4) is 5.75 Å². The molecule has 0 fully saturated rings. The molecule has 0 aliphatic carbocycles. The van der Waals surface area contributed by atoms with E-state index >= 15 is 0 Å². The van der Waals surface area contributed by atoms with Crippen molar-refractivity contribution in [1.82, 2.24) is 4.72 Å². The average Bonchev–Trinajstić information content (AvgIpc) is 2.59. The molecule has 0 aliphatic rings. The zero-order valence-electron chi connectivity index (χ0n) is 13.2.